The fourth-order valence-electron chi connectivity index (χ4n) is 3.86. The molecule has 26 heavy (non-hydrogen) atoms. The van der Waals surface area contributed by atoms with Crippen LogP contribution in [0.2, 0.25) is 0 Å². The number of carbonyl (C=O) groups excluding carboxylic acids is 1. The fraction of sp³-hybridized carbons (Fsp3) is 0.636. The Bertz CT molecular complexity index is 603. The number of nitrogens with zero attached hydrogens (tertiary/aromatic N) is 2. The lowest BCUT2D eigenvalue weighted by Crippen LogP contribution is -2.37. The highest BCUT2D eigenvalue weighted by molar-refractivity contribution is 5.78. The summed E-state index contributed by atoms with van der Waals surface area (Å²) < 4.78 is 0. The van der Waals surface area contributed by atoms with Gasteiger partial charge in [-0.2, -0.15) is 5.26 Å². The molecule has 1 aromatic rings. The summed E-state index contributed by atoms with van der Waals surface area (Å²) in [6, 6.07) is 10.1. The van der Waals surface area contributed by atoms with Gasteiger partial charge in [-0.15, -0.1) is 0 Å². The number of carbonyl (C=O) groups is 1. The monoisotopic (exact) mass is 355 g/mol. The molecule has 4 heteroatoms. The first-order valence-corrected chi connectivity index (χ1v) is 9.97. The van der Waals surface area contributed by atoms with Crippen LogP contribution >= 0.6 is 0 Å². The van der Waals surface area contributed by atoms with Gasteiger partial charge in [-0.3, -0.25) is 9.69 Å². The van der Waals surface area contributed by atoms with Crippen molar-refractivity contribution < 1.29 is 4.79 Å². The molecule has 0 spiro atoms. The van der Waals surface area contributed by atoms with Crippen molar-refractivity contribution in [3.8, 4) is 6.07 Å². The molecule has 1 heterocycles. The van der Waals surface area contributed by atoms with Crippen molar-refractivity contribution in [2.75, 3.05) is 19.6 Å². The predicted octanol–water partition coefficient (Wildman–Crippen LogP) is 3.96. The Hall–Kier alpha value is -1.86. The lowest BCUT2D eigenvalue weighted by atomic mass is 9.94. The Balaban J connectivity index is 1.72. The third kappa shape index (κ3) is 6.80. The smallest absolute Gasteiger partial charge is 0.222 e. The second-order valence-electron chi connectivity index (χ2n) is 8.16. The topological polar surface area (TPSA) is 56.1 Å². The van der Waals surface area contributed by atoms with E-state index in [4.69, 9.17) is 5.26 Å². The number of amides is 1. The molecule has 1 fully saturated rings. The second-order valence-corrected chi connectivity index (χ2v) is 8.16. The summed E-state index contributed by atoms with van der Waals surface area (Å²) in [7, 11) is 0. The van der Waals surface area contributed by atoms with E-state index in [1.54, 1.807) is 0 Å². The molecule has 1 aliphatic heterocycles. The van der Waals surface area contributed by atoms with Crippen LogP contribution in [-0.4, -0.2) is 30.4 Å². The van der Waals surface area contributed by atoms with E-state index in [0.29, 0.717) is 17.4 Å². The highest BCUT2D eigenvalue weighted by Crippen LogP contribution is 2.21. The van der Waals surface area contributed by atoms with Crippen molar-refractivity contribution in [2.45, 2.75) is 53.0 Å². The molecular weight excluding hydrogens is 322 g/mol. The first-order chi connectivity index (χ1) is 12.5. The molecule has 142 valence electrons. The second kappa shape index (κ2) is 10.3. The first kappa shape index (κ1) is 20.5. The molecule has 4 nitrogen and oxygen atoms in total. The van der Waals surface area contributed by atoms with Gasteiger partial charge in [0.15, 0.2) is 0 Å². The summed E-state index contributed by atoms with van der Waals surface area (Å²) in [5.41, 5.74) is 1.98. The Morgan fingerprint density at radius 2 is 2.04 bits per heavy atom. The number of nitrogens with one attached hydrogen (secondary N) is 1. The summed E-state index contributed by atoms with van der Waals surface area (Å²) in [4.78, 5) is 14.6. The molecule has 1 N–H and O–H groups in total. The SMILES string of the molecule is CC(C)CC(C)C(=O)NCCC1CCCN(Cc2ccc(C#N)cc2)C1. The largest absolute Gasteiger partial charge is 0.356 e. The maximum Gasteiger partial charge on any atom is 0.222 e. The van der Waals surface area contributed by atoms with E-state index in [9.17, 15) is 4.79 Å². The van der Waals surface area contributed by atoms with Crippen LogP contribution in [0.15, 0.2) is 24.3 Å². The third-order valence-corrected chi connectivity index (χ3v) is 5.22. The third-order valence-electron chi connectivity index (χ3n) is 5.22. The lowest BCUT2D eigenvalue weighted by Gasteiger charge is -2.33. The van der Waals surface area contributed by atoms with Gasteiger partial charge in [-0.25, -0.2) is 0 Å². The summed E-state index contributed by atoms with van der Waals surface area (Å²) in [5, 5.41) is 12.0. The van der Waals surface area contributed by atoms with Crippen LogP contribution in [0.1, 0.15) is 57.6 Å². The Kier molecular flexibility index (Phi) is 8.12. The van der Waals surface area contributed by atoms with Crippen molar-refractivity contribution >= 4 is 5.91 Å². The number of benzene rings is 1. The number of hydrogen-bond acceptors (Lipinski definition) is 3. The molecule has 0 bridgehead atoms. The average Bonchev–Trinajstić information content (AvgIpc) is 2.62. The summed E-state index contributed by atoms with van der Waals surface area (Å²) in [5.74, 6) is 1.52. The summed E-state index contributed by atoms with van der Waals surface area (Å²) in [6.07, 6.45) is 4.48. The minimum absolute atomic E-state index is 0.106. The molecule has 2 unspecified atom stereocenters. The van der Waals surface area contributed by atoms with E-state index in [-0.39, 0.29) is 11.8 Å². The molecule has 0 aromatic heterocycles. The zero-order valence-electron chi connectivity index (χ0n) is 16.5. The van der Waals surface area contributed by atoms with Crippen molar-refractivity contribution in [1.82, 2.24) is 10.2 Å². The summed E-state index contributed by atoms with van der Waals surface area (Å²) in [6.45, 7) is 10.3. The minimum atomic E-state index is 0.106. The molecule has 1 amide bonds. The fourth-order valence-corrected chi connectivity index (χ4v) is 3.86. The quantitative estimate of drug-likeness (QED) is 0.768. The maximum absolute atomic E-state index is 12.1. The average molecular weight is 356 g/mol. The van der Waals surface area contributed by atoms with E-state index >= 15 is 0 Å². The first-order valence-electron chi connectivity index (χ1n) is 9.97. The molecule has 1 aliphatic rings. The molecule has 2 atom stereocenters. The number of rotatable bonds is 8. The van der Waals surface area contributed by atoms with Crippen LogP contribution in [-0.2, 0) is 11.3 Å². The van der Waals surface area contributed by atoms with E-state index in [1.807, 2.05) is 19.1 Å². The van der Waals surface area contributed by atoms with Crippen LogP contribution in [0.3, 0.4) is 0 Å². The van der Waals surface area contributed by atoms with Crippen molar-refractivity contribution in [1.29, 1.82) is 5.26 Å². The van der Waals surface area contributed by atoms with Crippen LogP contribution in [0.25, 0.3) is 0 Å². The molecule has 0 aliphatic carbocycles. The normalized spacial score (nSPS) is 19.1. The van der Waals surface area contributed by atoms with Gasteiger partial charge in [0, 0.05) is 25.6 Å². The van der Waals surface area contributed by atoms with E-state index in [0.717, 1.165) is 39.0 Å². The molecular formula is C22H33N3O. The minimum Gasteiger partial charge on any atom is -0.356 e. The van der Waals surface area contributed by atoms with Crippen LogP contribution in [0.4, 0.5) is 0 Å². The molecule has 0 saturated carbocycles. The predicted molar refractivity (Wildman–Crippen MR) is 105 cm³/mol. The van der Waals surface area contributed by atoms with E-state index in [1.165, 1.54) is 18.4 Å². The van der Waals surface area contributed by atoms with Crippen molar-refractivity contribution in [3.63, 3.8) is 0 Å². The number of hydrogen-bond donors (Lipinski definition) is 1. The van der Waals surface area contributed by atoms with Gasteiger partial charge in [0.2, 0.25) is 5.91 Å². The van der Waals surface area contributed by atoms with Crippen LogP contribution in [0, 0.1) is 29.1 Å². The number of piperidine rings is 1. The van der Waals surface area contributed by atoms with Crippen LogP contribution < -0.4 is 5.32 Å². The zero-order chi connectivity index (χ0) is 18.9. The van der Waals surface area contributed by atoms with Crippen molar-refractivity contribution in [3.05, 3.63) is 35.4 Å². The maximum atomic E-state index is 12.1. The Labute approximate surface area is 158 Å². The summed E-state index contributed by atoms with van der Waals surface area (Å²) >= 11 is 0. The highest BCUT2D eigenvalue weighted by atomic mass is 16.1. The molecule has 0 radical (unpaired) electrons. The highest BCUT2D eigenvalue weighted by Gasteiger charge is 2.20. The van der Waals surface area contributed by atoms with Gasteiger partial charge in [0.25, 0.3) is 0 Å². The standard InChI is InChI=1S/C22H33N3O/c1-17(2)13-18(3)22(26)24-11-10-20-5-4-12-25(15-20)16-21-8-6-19(14-23)7-9-21/h6-9,17-18,20H,4-5,10-13,15-16H2,1-3H3,(H,24,26). The van der Waals surface area contributed by atoms with Gasteiger partial charge >= 0.3 is 0 Å². The Morgan fingerprint density at radius 1 is 1.31 bits per heavy atom. The van der Waals surface area contributed by atoms with Gasteiger partial charge in [0.1, 0.15) is 0 Å². The molecule has 1 saturated heterocycles. The Morgan fingerprint density at radius 3 is 2.69 bits per heavy atom. The van der Waals surface area contributed by atoms with Crippen LogP contribution in [0.5, 0.6) is 0 Å². The molecule has 1 aromatic carbocycles. The number of likely N-dealkylation sites (tertiary alicyclic amines) is 1. The number of nitriles is 1. The van der Waals surface area contributed by atoms with Crippen molar-refractivity contribution in [2.24, 2.45) is 17.8 Å². The van der Waals surface area contributed by atoms with Gasteiger partial charge in [-0.05, 0) is 61.8 Å². The molecule has 2 rings (SSSR count). The van der Waals surface area contributed by atoms with E-state index < -0.39 is 0 Å². The lowest BCUT2D eigenvalue weighted by molar-refractivity contribution is -0.125. The van der Waals surface area contributed by atoms with Gasteiger partial charge < -0.3 is 5.32 Å². The van der Waals surface area contributed by atoms with Gasteiger partial charge in [-0.1, -0.05) is 32.9 Å². The van der Waals surface area contributed by atoms with Gasteiger partial charge in [0.05, 0.1) is 11.6 Å². The zero-order valence-corrected chi connectivity index (χ0v) is 16.5. The van der Waals surface area contributed by atoms with E-state index in [2.05, 4.69) is 42.3 Å².